The van der Waals surface area contributed by atoms with Gasteiger partial charge in [-0.1, -0.05) is 0 Å². The molecule has 1 aromatic rings. The number of nitrogen functional groups attached to an aromatic ring is 1. The Hall–Kier alpha value is -1.10. The largest absolute Gasteiger partial charge is 0.381 e. The summed E-state index contributed by atoms with van der Waals surface area (Å²) in [5, 5.41) is 7.71. The van der Waals surface area contributed by atoms with Crippen LogP contribution in [0.1, 0.15) is 6.92 Å². The summed E-state index contributed by atoms with van der Waals surface area (Å²) in [5.41, 5.74) is 10.8. The molecule has 1 rings (SSSR count). The third-order valence-electron chi connectivity index (χ3n) is 1.01. The van der Waals surface area contributed by atoms with Crippen LogP contribution in [0.25, 0.3) is 0 Å². The van der Waals surface area contributed by atoms with Gasteiger partial charge < -0.3 is 11.5 Å². The van der Waals surface area contributed by atoms with Crippen molar-refractivity contribution < 1.29 is 0 Å². The monoisotopic (exact) mass is 141 g/mol. The van der Waals surface area contributed by atoms with Gasteiger partial charge in [-0.3, -0.25) is 0 Å². The van der Waals surface area contributed by atoms with Gasteiger partial charge in [0.1, 0.15) is 0 Å². The fourth-order valence-electron chi connectivity index (χ4n) is 0.656. The number of rotatable bonds is 2. The summed E-state index contributed by atoms with van der Waals surface area (Å²) < 4.78 is 0. The Balaban J connectivity index is 2.58. The highest BCUT2D eigenvalue weighted by molar-refractivity contribution is 5.19. The highest BCUT2D eigenvalue weighted by Gasteiger charge is 1.98. The standard InChI is InChI=1S/C5H11N5/c1-4(6)3-10-8-2-5(7)9-10/h2,4H,3,6H2,1H3,(H2,7,9). The van der Waals surface area contributed by atoms with E-state index in [2.05, 4.69) is 10.2 Å². The van der Waals surface area contributed by atoms with Crippen molar-refractivity contribution >= 4 is 5.82 Å². The molecular weight excluding hydrogens is 130 g/mol. The molecule has 1 aromatic heterocycles. The number of nitrogens with two attached hydrogens (primary N) is 2. The van der Waals surface area contributed by atoms with Crippen LogP contribution in [0.3, 0.4) is 0 Å². The number of aromatic nitrogens is 3. The Kier molecular flexibility index (Phi) is 1.86. The smallest absolute Gasteiger partial charge is 0.165 e. The van der Waals surface area contributed by atoms with Crippen LogP contribution >= 0.6 is 0 Å². The van der Waals surface area contributed by atoms with Gasteiger partial charge in [0, 0.05) is 6.04 Å². The maximum absolute atomic E-state index is 5.49. The minimum atomic E-state index is 0.0619. The predicted octanol–water partition coefficient (Wildman–Crippen LogP) is -0.792. The number of hydrogen-bond acceptors (Lipinski definition) is 4. The topological polar surface area (TPSA) is 82.8 Å². The zero-order valence-corrected chi connectivity index (χ0v) is 5.86. The Morgan fingerprint density at radius 1 is 1.80 bits per heavy atom. The molecule has 0 aliphatic heterocycles. The van der Waals surface area contributed by atoms with E-state index < -0.39 is 0 Å². The second-order valence-corrected chi connectivity index (χ2v) is 2.30. The van der Waals surface area contributed by atoms with Crippen LogP contribution in [-0.2, 0) is 6.54 Å². The van der Waals surface area contributed by atoms with E-state index in [1.165, 1.54) is 11.0 Å². The summed E-state index contributed by atoms with van der Waals surface area (Å²) in [6.45, 7) is 2.50. The second kappa shape index (κ2) is 2.66. The van der Waals surface area contributed by atoms with Gasteiger partial charge in [0.05, 0.1) is 12.7 Å². The zero-order valence-electron chi connectivity index (χ0n) is 5.86. The lowest BCUT2D eigenvalue weighted by Crippen LogP contribution is -2.23. The molecular formula is C5H11N5. The van der Waals surface area contributed by atoms with Gasteiger partial charge in [-0.25, -0.2) is 0 Å². The van der Waals surface area contributed by atoms with Crippen molar-refractivity contribution in [3.05, 3.63) is 6.20 Å². The van der Waals surface area contributed by atoms with E-state index in [1.807, 2.05) is 6.92 Å². The van der Waals surface area contributed by atoms with E-state index in [0.29, 0.717) is 12.4 Å². The Morgan fingerprint density at radius 2 is 2.50 bits per heavy atom. The van der Waals surface area contributed by atoms with Gasteiger partial charge in [-0.2, -0.15) is 9.90 Å². The second-order valence-electron chi connectivity index (χ2n) is 2.30. The first kappa shape index (κ1) is 7.01. The van der Waals surface area contributed by atoms with Crippen molar-refractivity contribution in [2.45, 2.75) is 19.5 Å². The predicted molar refractivity (Wildman–Crippen MR) is 38.1 cm³/mol. The molecule has 5 nitrogen and oxygen atoms in total. The zero-order chi connectivity index (χ0) is 7.56. The summed E-state index contributed by atoms with van der Waals surface area (Å²) >= 11 is 0. The van der Waals surface area contributed by atoms with E-state index in [-0.39, 0.29) is 6.04 Å². The molecule has 0 aromatic carbocycles. The molecule has 10 heavy (non-hydrogen) atoms. The summed E-state index contributed by atoms with van der Waals surface area (Å²) in [7, 11) is 0. The molecule has 1 atom stereocenters. The molecule has 0 radical (unpaired) electrons. The van der Waals surface area contributed by atoms with Gasteiger partial charge in [-0.15, -0.1) is 5.10 Å². The molecule has 0 saturated carbocycles. The summed E-state index contributed by atoms with van der Waals surface area (Å²) in [4.78, 5) is 1.49. The SMILES string of the molecule is CC(N)Cn1ncc(N)n1. The molecule has 0 aliphatic carbocycles. The maximum atomic E-state index is 5.49. The summed E-state index contributed by atoms with van der Waals surface area (Å²) in [6.07, 6.45) is 1.50. The van der Waals surface area contributed by atoms with Crippen molar-refractivity contribution in [2.75, 3.05) is 5.73 Å². The van der Waals surface area contributed by atoms with Crippen LogP contribution in [0.4, 0.5) is 5.82 Å². The Bertz CT molecular complexity index is 204. The Labute approximate surface area is 59.0 Å². The van der Waals surface area contributed by atoms with Crippen molar-refractivity contribution in [1.82, 2.24) is 15.0 Å². The lowest BCUT2D eigenvalue weighted by Gasteiger charge is -2.01. The third-order valence-corrected chi connectivity index (χ3v) is 1.01. The molecule has 0 spiro atoms. The Morgan fingerprint density at radius 3 is 2.90 bits per heavy atom. The number of nitrogens with zero attached hydrogens (tertiary/aromatic N) is 3. The quantitative estimate of drug-likeness (QED) is 0.565. The lowest BCUT2D eigenvalue weighted by atomic mass is 10.4. The van der Waals surface area contributed by atoms with Crippen molar-refractivity contribution in [3.8, 4) is 0 Å². The third kappa shape index (κ3) is 1.70. The molecule has 0 saturated heterocycles. The minimum absolute atomic E-state index is 0.0619. The highest BCUT2D eigenvalue weighted by Crippen LogP contribution is 1.90. The van der Waals surface area contributed by atoms with Crippen LogP contribution < -0.4 is 11.5 Å². The van der Waals surface area contributed by atoms with Gasteiger partial charge >= 0.3 is 0 Å². The molecule has 0 aliphatic rings. The summed E-state index contributed by atoms with van der Waals surface area (Å²) in [5.74, 6) is 0.431. The van der Waals surface area contributed by atoms with Crippen LogP contribution in [0, 0.1) is 0 Å². The lowest BCUT2D eigenvalue weighted by molar-refractivity contribution is 0.483. The molecule has 1 heterocycles. The number of anilines is 1. The maximum Gasteiger partial charge on any atom is 0.165 e. The van der Waals surface area contributed by atoms with Gasteiger partial charge in [0.25, 0.3) is 0 Å². The van der Waals surface area contributed by atoms with E-state index in [1.54, 1.807) is 0 Å². The molecule has 0 fully saturated rings. The average Bonchev–Trinajstić information content (AvgIpc) is 2.13. The van der Waals surface area contributed by atoms with Gasteiger partial charge in [0.15, 0.2) is 5.82 Å². The normalized spacial score (nSPS) is 13.4. The van der Waals surface area contributed by atoms with Crippen molar-refractivity contribution in [3.63, 3.8) is 0 Å². The number of hydrogen-bond donors (Lipinski definition) is 2. The van der Waals surface area contributed by atoms with E-state index >= 15 is 0 Å². The fraction of sp³-hybridized carbons (Fsp3) is 0.600. The van der Waals surface area contributed by atoms with Crippen molar-refractivity contribution in [2.24, 2.45) is 5.73 Å². The first-order valence-electron chi connectivity index (χ1n) is 3.09. The first-order chi connectivity index (χ1) is 4.68. The van der Waals surface area contributed by atoms with Crippen LogP contribution in [0.5, 0.6) is 0 Å². The summed E-state index contributed by atoms with van der Waals surface area (Å²) in [6, 6.07) is 0.0619. The molecule has 56 valence electrons. The molecule has 1 unspecified atom stereocenters. The fourth-order valence-corrected chi connectivity index (χ4v) is 0.656. The van der Waals surface area contributed by atoms with Crippen molar-refractivity contribution in [1.29, 1.82) is 0 Å². The molecule has 0 bridgehead atoms. The van der Waals surface area contributed by atoms with E-state index in [4.69, 9.17) is 11.5 Å². The van der Waals surface area contributed by atoms with Gasteiger partial charge in [-0.05, 0) is 6.92 Å². The highest BCUT2D eigenvalue weighted by atomic mass is 15.5. The average molecular weight is 141 g/mol. The molecule has 0 amide bonds. The van der Waals surface area contributed by atoms with Crippen LogP contribution in [0.15, 0.2) is 6.20 Å². The van der Waals surface area contributed by atoms with Crippen LogP contribution in [-0.4, -0.2) is 21.0 Å². The molecule has 5 heteroatoms. The van der Waals surface area contributed by atoms with E-state index in [9.17, 15) is 0 Å². The minimum Gasteiger partial charge on any atom is -0.381 e. The van der Waals surface area contributed by atoms with Gasteiger partial charge in [0.2, 0.25) is 0 Å². The molecule has 4 N–H and O–H groups in total. The van der Waals surface area contributed by atoms with E-state index in [0.717, 1.165) is 0 Å². The van der Waals surface area contributed by atoms with Crippen LogP contribution in [0.2, 0.25) is 0 Å². The first-order valence-corrected chi connectivity index (χ1v) is 3.09.